The predicted octanol–water partition coefficient (Wildman–Crippen LogP) is 7.93. The Morgan fingerprint density at radius 2 is 1.05 bits per heavy atom. The molecule has 0 aromatic rings. The maximum atomic E-state index is 12.7. The van der Waals surface area contributed by atoms with Crippen molar-refractivity contribution < 1.29 is 145 Å². The first-order chi connectivity index (χ1) is 40.5. The van der Waals surface area contributed by atoms with Gasteiger partial charge in [0.15, 0.2) is 0 Å². The number of rotatable bonds is 23. The molecule has 22 nitrogen and oxygen atoms in total. The summed E-state index contributed by atoms with van der Waals surface area (Å²) in [6.07, 6.45) is -3.41. The van der Waals surface area contributed by atoms with Gasteiger partial charge in [0.25, 0.3) is 7.82 Å². The number of carboxylic acids is 1. The summed E-state index contributed by atoms with van der Waals surface area (Å²) in [5.41, 5.74) is 3.56. The molecule has 1 aliphatic heterocycles. The van der Waals surface area contributed by atoms with Gasteiger partial charge in [-0.1, -0.05) is 82.9 Å². The van der Waals surface area contributed by atoms with E-state index in [2.05, 4.69) is 0 Å². The number of esters is 2. The van der Waals surface area contributed by atoms with Crippen LogP contribution in [0.3, 0.4) is 0 Å². The van der Waals surface area contributed by atoms with Gasteiger partial charge in [-0.25, -0.2) is 12.9 Å². The number of carbonyl (C=O) groups excluding carboxylic acids is 3. The molecule has 0 bridgehead atoms. The fourth-order valence-electron chi connectivity index (χ4n) is 5.23. The van der Waals surface area contributed by atoms with Crippen LogP contribution in [-0.2, 0) is 64.4 Å². The number of carboxylic acid groups (broad SMARTS) is 1. The van der Waals surface area contributed by atoms with Crippen molar-refractivity contribution in [2.24, 2.45) is 41.2 Å². The molecule has 29 heteroatoms. The van der Waals surface area contributed by atoms with Gasteiger partial charge in [-0.15, -0.1) is 0 Å². The zero-order valence-corrected chi connectivity index (χ0v) is 54.3. The van der Waals surface area contributed by atoms with E-state index in [4.69, 9.17) is 88.0 Å². The minimum Gasteiger partial charge on any atom is -0.756 e. The van der Waals surface area contributed by atoms with Gasteiger partial charge in [-0.2, -0.15) is 9.73 Å². The average Bonchev–Trinajstić information content (AvgIpc) is 0.764. The number of nitrogens with two attached hydrogens (primary N) is 1. The zero-order valence-electron chi connectivity index (χ0n) is 65.9. The van der Waals surface area contributed by atoms with Gasteiger partial charge in [0.2, 0.25) is 5.91 Å². The molecule has 1 heterocycles. The van der Waals surface area contributed by atoms with E-state index < -0.39 is 146 Å². The Morgan fingerprint density at radius 3 is 1.28 bits per heavy atom. The standard InChI is InChI=1S/C17H33NO3.C12H22O4.C9H21O6P3.C5H13N.C3H9O3P.Na.H3O4P.H3P/c1-12(2)8-9-18-16(20)14(10-13(3)4)11-15(19)21-17(5,6)7;1-8(2)6-9(11(14)15)7-10(13)16-12(3,4)5;1-4-7-16(10)13-17(11,8-5-2)15-18(12,14-16)9-6-3;1-5(2)3-4-6;1-2-3-7(4,5)6;;1-5(2,3)4;/h12-14H,8-11H2,1-7H3,(H,18,20);8-9H,6-7H2,1-5H3,(H,14,15);4-9H2,1-3H3;5H,3-4,6H2,1-2H3;2-3H2,1H3,(H2,4,5,6);;(H3,1,2,3,4);1H3/q;;;;;+1;;/p-1/t14-;9-;;;;;;/m11....../s1/i1D3,8D2,9D2,12D;;;1D3,3D2,4D2,5D;;;;1T3/t12?,14-;;;;;;;. The summed E-state index contributed by atoms with van der Waals surface area (Å²) in [5, 5.41) is 10.9. The van der Waals surface area contributed by atoms with Gasteiger partial charge in [0.1, 0.15) is 11.2 Å². The van der Waals surface area contributed by atoms with E-state index in [0.717, 1.165) is 13.8 Å². The number of phosphoric acid groups is 1. The molecule has 2 unspecified atom stereocenters. The Balaban J connectivity index is -0.000000204. The van der Waals surface area contributed by atoms with Crippen molar-refractivity contribution in [2.45, 2.75) is 200 Å². The van der Waals surface area contributed by atoms with Crippen LogP contribution >= 0.6 is 47.9 Å². The second-order valence-corrected chi connectivity index (χ2v) is 28.7. The van der Waals surface area contributed by atoms with Crippen molar-refractivity contribution >= 4 is 71.8 Å². The second kappa shape index (κ2) is 44.7. The van der Waals surface area contributed by atoms with Crippen LogP contribution < -0.4 is 45.5 Å². The first-order valence-corrected chi connectivity index (χ1v) is 31.8. The maximum Gasteiger partial charge on any atom is 1.00 e. The number of hydrogen-bond acceptors (Lipinski definition) is 16. The number of nitrogens with one attached hydrogen (secondary N) is 1. The molecule has 1 saturated heterocycles. The van der Waals surface area contributed by atoms with E-state index in [9.17, 15) is 37.4 Å². The van der Waals surface area contributed by atoms with Gasteiger partial charge < -0.3 is 50.1 Å². The first kappa shape index (κ1) is 54.4. The Bertz CT molecular complexity index is 2400. The van der Waals surface area contributed by atoms with E-state index in [1.54, 1.807) is 83.1 Å². The predicted molar refractivity (Wildman–Crippen MR) is 297 cm³/mol. The molecule has 1 aliphatic rings. The third-order valence-electron chi connectivity index (χ3n) is 7.35. The molecule has 75 heavy (non-hydrogen) atoms. The molecule has 0 aromatic heterocycles. The smallest absolute Gasteiger partial charge is 0.756 e. The summed E-state index contributed by atoms with van der Waals surface area (Å²) in [6, 6.07) is 0. The molecule has 0 saturated carbocycles. The van der Waals surface area contributed by atoms with E-state index in [-0.39, 0.29) is 85.3 Å². The van der Waals surface area contributed by atoms with Crippen LogP contribution in [0.4, 0.5) is 0 Å². The normalized spacial score (nSPS) is 25.5. The Kier molecular flexibility index (Phi) is 32.4. The van der Waals surface area contributed by atoms with Crippen molar-refractivity contribution in [3.05, 3.63) is 0 Å². The Labute approximate surface area is 503 Å². The molecule has 448 valence electrons. The summed E-state index contributed by atoms with van der Waals surface area (Å²) < 4.78 is 218. The zero-order chi connectivity index (χ0) is 76.4. The van der Waals surface area contributed by atoms with Crippen molar-refractivity contribution in [2.75, 3.05) is 37.6 Å². The van der Waals surface area contributed by atoms with Crippen molar-refractivity contribution in [3.8, 4) is 0 Å². The molecule has 1 amide bonds. The molecule has 0 spiro atoms. The summed E-state index contributed by atoms with van der Waals surface area (Å²) in [6.45, 7) is 14.4. The molecule has 8 N–H and O–H groups in total. The number of carbonyl (C=O) groups is 4. The van der Waals surface area contributed by atoms with Crippen LogP contribution in [0.5, 0.6) is 0 Å². The molecule has 4 atom stereocenters. The fourth-order valence-corrected chi connectivity index (χ4v) is 15.1. The van der Waals surface area contributed by atoms with Crippen LogP contribution in [0.2, 0.25) is 0 Å². The maximum absolute atomic E-state index is 12.7. The molecule has 1 rings (SSSR count). The number of hydrogen-bond donors (Lipinski definition) is 7. The van der Waals surface area contributed by atoms with Crippen LogP contribution in [0.25, 0.3) is 0 Å². The van der Waals surface area contributed by atoms with Crippen LogP contribution in [0.15, 0.2) is 0 Å². The van der Waals surface area contributed by atoms with E-state index in [0.29, 0.717) is 32.1 Å². The van der Waals surface area contributed by atoms with Crippen molar-refractivity contribution in [1.82, 2.24) is 5.32 Å². The minimum absolute atomic E-state index is 0. The van der Waals surface area contributed by atoms with Gasteiger partial charge in [-0.05, 0) is 123 Å². The monoisotopic (exact) mass is 1230 g/mol. The molecule has 1 fully saturated rings. The Hall–Kier alpha value is 0.1000. The molecule has 0 aromatic carbocycles. The molecule has 0 aliphatic carbocycles. The largest absolute Gasteiger partial charge is 1.00 e. The van der Waals surface area contributed by atoms with E-state index in [1.807, 2.05) is 19.2 Å². The van der Waals surface area contributed by atoms with Gasteiger partial charge in [0.05, 0.1) is 41.1 Å². The quantitative estimate of drug-likeness (QED) is 0.0290. The molecule has 0 radical (unpaired) electrons. The summed E-state index contributed by atoms with van der Waals surface area (Å²) in [7, 11) is -21.1. The minimum atomic E-state index is -4.89. The summed E-state index contributed by atoms with van der Waals surface area (Å²) >= 11 is 0. The third kappa shape index (κ3) is 64.8. The van der Waals surface area contributed by atoms with Crippen LogP contribution in [-0.4, -0.2) is 101 Å². The Morgan fingerprint density at radius 1 is 0.733 bits per heavy atom. The van der Waals surface area contributed by atoms with Crippen LogP contribution in [0.1, 0.15) is 211 Å². The first-order valence-electron chi connectivity index (χ1n) is 32.6. The number of aliphatic carboxylic acids is 1. The molecular formula is C46H103N2NaO20P6. The topological polar surface area (TPSA) is 362 Å². The number of amides is 1. The van der Waals surface area contributed by atoms with Gasteiger partial charge >= 0.3 is 77.8 Å². The van der Waals surface area contributed by atoms with Crippen LogP contribution in [0, 0.1) is 35.5 Å². The van der Waals surface area contributed by atoms with E-state index >= 15 is 0 Å². The van der Waals surface area contributed by atoms with Crippen molar-refractivity contribution in [1.29, 1.82) is 3.84 Å². The molecular weight excluding hydrogens is 1110 g/mol. The van der Waals surface area contributed by atoms with Gasteiger partial charge in [0, 0.05) is 40.5 Å². The van der Waals surface area contributed by atoms with E-state index in [1.165, 1.54) is 0 Å². The second-order valence-electron chi connectivity index (χ2n) is 19.0. The number of ether oxygens (including phenoxy) is 2. The average molecular weight is 1240 g/mol. The van der Waals surface area contributed by atoms with Gasteiger partial charge in [-0.3, -0.25) is 42.0 Å². The third-order valence-corrected chi connectivity index (χ3v) is 17.3. The fraction of sp³-hybridized carbons (Fsp3) is 0.913. The summed E-state index contributed by atoms with van der Waals surface area (Å²) in [5.74, 6) is -9.83. The SMILES string of the molecule is CC(C)C[C@H](CC(=O)OC(C)(C)C)C(=O)O.CCCP(=O)(O)O.CCCP1(=O)OP(=O)(CCC)OP(=O)(CCC)O1.O=P([O-])(O)O.[2H]C([2H])([2H])C([2H])(C)C([2H])([2H])C([2H])([2H])N.[2H]C([2H])([2H])C([2H])(C)C([2H])([2H])C([2H])([2H])NC(=O)[C@@H](CC(=O)OC(C)(C)C)CC(C)C.[3H]P([3H])[3H].[Na+]. The summed E-state index contributed by atoms with van der Waals surface area (Å²) in [4.78, 5) is 86.4. The van der Waals surface area contributed by atoms with Crippen molar-refractivity contribution in [3.63, 3.8) is 0 Å².